The molecule has 0 spiro atoms. The van der Waals surface area contributed by atoms with Crippen LogP contribution in [0.15, 0.2) is 35.2 Å². The molecule has 1 aromatic carbocycles. The number of nitrogens with one attached hydrogen (secondary N) is 1. The van der Waals surface area contributed by atoms with E-state index in [0.717, 1.165) is 0 Å². The highest BCUT2D eigenvalue weighted by molar-refractivity contribution is 5.47. The van der Waals surface area contributed by atoms with Crippen molar-refractivity contribution < 1.29 is 13.5 Å². The lowest BCUT2D eigenvalue weighted by Crippen LogP contribution is -2.00. The van der Waals surface area contributed by atoms with Gasteiger partial charge in [-0.25, -0.2) is 9.37 Å². The predicted octanol–water partition coefficient (Wildman–Crippen LogP) is 2.82. The van der Waals surface area contributed by atoms with Gasteiger partial charge in [-0.15, -0.1) is 0 Å². The minimum atomic E-state index is -0.380. The highest BCUT2D eigenvalue weighted by atomic mass is 19.1. The molecule has 0 amide bonds. The molecule has 0 saturated carbocycles. The molecule has 0 unspecified atom stereocenters. The third-order valence-electron chi connectivity index (χ3n) is 2.18. The standard InChI is InChI=1S/C12H13FN2O2/c1-2-16-12-4-3-9(5-11(12)13)15-7-10-6-14-8-17-10/h3-6,8,15H,2,7H2,1H3. The Bertz CT molecular complexity index is 471. The Morgan fingerprint density at radius 2 is 2.35 bits per heavy atom. The van der Waals surface area contributed by atoms with E-state index in [4.69, 9.17) is 9.15 Å². The van der Waals surface area contributed by atoms with E-state index in [1.165, 1.54) is 12.5 Å². The normalized spacial score (nSPS) is 10.2. The SMILES string of the molecule is CCOc1ccc(NCc2cnco2)cc1F. The van der Waals surface area contributed by atoms with Crippen molar-refractivity contribution in [1.82, 2.24) is 4.98 Å². The highest BCUT2D eigenvalue weighted by Gasteiger charge is 2.04. The van der Waals surface area contributed by atoms with Crippen molar-refractivity contribution in [2.75, 3.05) is 11.9 Å². The van der Waals surface area contributed by atoms with Gasteiger partial charge in [0, 0.05) is 11.8 Å². The molecule has 0 fully saturated rings. The van der Waals surface area contributed by atoms with Crippen LogP contribution in [0.2, 0.25) is 0 Å². The number of ether oxygens (including phenoxy) is 1. The Morgan fingerprint density at radius 1 is 1.47 bits per heavy atom. The summed E-state index contributed by atoms with van der Waals surface area (Å²) in [5.41, 5.74) is 0.669. The van der Waals surface area contributed by atoms with Gasteiger partial charge in [-0.1, -0.05) is 0 Å². The molecule has 17 heavy (non-hydrogen) atoms. The quantitative estimate of drug-likeness (QED) is 0.867. The summed E-state index contributed by atoms with van der Waals surface area (Å²) in [6.07, 6.45) is 2.97. The number of halogens is 1. The third kappa shape index (κ3) is 2.96. The first-order valence-electron chi connectivity index (χ1n) is 5.33. The molecule has 1 heterocycles. The van der Waals surface area contributed by atoms with Gasteiger partial charge in [-0.3, -0.25) is 0 Å². The van der Waals surface area contributed by atoms with Crippen molar-refractivity contribution in [1.29, 1.82) is 0 Å². The van der Waals surface area contributed by atoms with Crippen LogP contribution in [0.4, 0.5) is 10.1 Å². The van der Waals surface area contributed by atoms with Gasteiger partial charge in [0.25, 0.3) is 0 Å². The number of benzene rings is 1. The van der Waals surface area contributed by atoms with Crippen molar-refractivity contribution in [3.05, 3.63) is 42.4 Å². The molecule has 2 rings (SSSR count). The van der Waals surface area contributed by atoms with Gasteiger partial charge in [-0.2, -0.15) is 0 Å². The largest absolute Gasteiger partial charge is 0.491 e. The minimum absolute atomic E-state index is 0.262. The molecule has 0 aliphatic carbocycles. The van der Waals surface area contributed by atoms with E-state index >= 15 is 0 Å². The number of rotatable bonds is 5. The van der Waals surface area contributed by atoms with E-state index in [1.54, 1.807) is 18.3 Å². The molecule has 0 aliphatic heterocycles. The van der Waals surface area contributed by atoms with Crippen molar-refractivity contribution >= 4 is 5.69 Å². The number of hydrogen-bond acceptors (Lipinski definition) is 4. The first-order valence-corrected chi connectivity index (χ1v) is 5.33. The summed E-state index contributed by atoms with van der Waals surface area (Å²) in [6, 6.07) is 4.74. The van der Waals surface area contributed by atoms with Crippen molar-refractivity contribution in [3.63, 3.8) is 0 Å². The van der Waals surface area contributed by atoms with Crippen LogP contribution in [0, 0.1) is 5.82 Å². The van der Waals surface area contributed by atoms with Gasteiger partial charge in [0.1, 0.15) is 5.76 Å². The molecule has 90 valence electrons. The maximum Gasteiger partial charge on any atom is 0.180 e. The Morgan fingerprint density at radius 3 is 3.00 bits per heavy atom. The molecule has 0 aliphatic rings. The third-order valence-corrected chi connectivity index (χ3v) is 2.18. The summed E-state index contributed by atoms with van der Waals surface area (Å²) >= 11 is 0. The van der Waals surface area contributed by atoms with E-state index < -0.39 is 0 Å². The second kappa shape index (κ2) is 5.34. The van der Waals surface area contributed by atoms with Crippen LogP contribution in [0.5, 0.6) is 5.75 Å². The molecule has 0 saturated heterocycles. The van der Waals surface area contributed by atoms with Gasteiger partial charge in [-0.05, 0) is 19.1 Å². The van der Waals surface area contributed by atoms with Crippen LogP contribution < -0.4 is 10.1 Å². The highest BCUT2D eigenvalue weighted by Crippen LogP contribution is 2.21. The second-order valence-electron chi connectivity index (χ2n) is 3.40. The monoisotopic (exact) mass is 236 g/mol. The predicted molar refractivity (Wildman–Crippen MR) is 61.4 cm³/mol. The lowest BCUT2D eigenvalue weighted by atomic mass is 10.3. The lowest BCUT2D eigenvalue weighted by Gasteiger charge is -2.08. The Hall–Kier alpha value is -2.04. The number of oxazole rings is 1. The van der Waals surface area contributed by atoms with E-state index in [2.05, 4.69) is 10.3 Å². The molecular weight excluding hydrogens is 223 g/mol. The summed E-state index contributed by atoms with van der Waals surface area (Å²) in [5, 5.41) is 3.03. The smallest absolute Gasteiger partial charge is 0.180 e. The Balaban J connectivity index is 2.00. The van der Waals surface area contributed by atoms with Crippen molar-refractivity contribution in [3.8, 4) is 5.75 Å². The fraction of sp³-hybridized carbons (Fsp3) is 0.250. The molecular formula is C12H13FN2O2. The fourth-order valence-corrected chi connectivity index (χ4v) is 1.40. The van der Waals surface area contributed by atoms with Gasteiger partial charge >= 0.3 is 0 Å². The maximum atomic E-state index is 13.5. The molecule has 5 heteroatoms. The van der Waals surface area contributed by atoms with E-state index in [1.807, 2.05) is 6.92 Å². The van der Waals surface area contributed by atoms with Gasteiger partial charge in [0.15, 0.2) is 18.0 Å². The molecule has 0 radical (unpaired) electrons. The average molecular weight is 236 g/mol. The van der Waals surface area contributed by atoms with Crippen molar-refractivity contribution in [2.45, 2.75) is 13.5 Å². The molecule has 1 aromatic heterocycles. The van der Waals surface area contributed by atoms with Crippen molar-refractivity contribution in [2.24, 2.45) is 0 Å². The number of anilines is 1. The summed E-state index contributed by atoms with van der Waals surface area (Å²) in [5.74, 6) is 0.575. The molecule has 2 aromatic rings. The topological polar surface area (TPSA) is 47.3 Å². The number of hydrogen-bond donors (Lipinski definition) is 1. The Labute approximate surface area is 98.4 Å². The Kier molecular flexibility index (Phi) is 3.59. The van der Waals surface area contributed by atoms with E-state index in [0.29, 0.717) is 24.6 Å². The van der Waals surface area contributed by atoms with Crippen LogP contribution in [-0.2, 0) is 6.54 Å². The second-order valence-corrected chi connectivity index (χ2v) is 3.40. The number of aromatic nitrogens is 1. The van der Waals surface area contributed by atoms with Crippen LogP contribution in [0.25, 0.3) is 0 Å². The molecule has 0 atom stereocenters. The summed E-state index contributed by atoms with van der Waals surface area (Å²) in [4.78, 5) is 3.79. The van der Waals surface area contributed by atoms with Crippen LogP contribution in [0.1, 0.15) is 12.7 Å². The molecule has 0 bridgehead atoms. The van der Waals surface area contributed by atoms with Crippen LogP contribution in [0.3, 0.4) is 0 Å². The van der Waals surface area contributed by atoms with Gasteiger partial charge < -0.3 is 14.5 Å². The lowest BCUT2D eigenvalue weighted by molar-refractivity contribution is 0.321. The van der Waals surface area contributed by atoms with Gasteiger partial charge in [0.05, 0.1) is 19.3 Å². The zero-order valence-electron chi connectivity index (χ0n) is 9.44. The minimum Gasteiger partial charge on any atom is -0.491 e. The van der Waals surface area contributed by atoms with Crippen LogP contribution in [-0.4, -0.2) is 11.6 Å². The number of nitrogens with zero attached hydrogens (tertiary/aromatic N) is 1. The maximum absolute atomic E-state index is 13.5. The first kappa shape index (κ1) is 11.4. The van der Waals surface area contributed by atoms with Crippen LogP contribution >= 0.6 is 0 Å². The summed E-state index contributed by atoms with van der Waals surface area (Å²) < 4.78 is 23.7. The zero-order chi connectivity index (χ0) is 12.1. The first-order chi connectivity index (χ1) is 8.29. The fourth-order valence-electron chi connectivity index (χ4n) is 1.40. The van der Waals surface area contributed by atoms with Gasteiger partial charge in [0.2, 0.25) is 0 Å². The van der Waals surface area contributed by atoms with E-state index in [9.17, 15) is 4.39 Å². The van der Waals surface area contributed by atoms with E-state index in [-0.39, 0.29) is 11.6 Å². The summed E-state index contributed by atoms with van der Waals surface area (Å²) in [7, 11) is 0. The molecule has 4 nitrogen and oxygen atoms in total. The summed E-state index contributed by atoms with van der Waals surface area (Å²) in [6.45, 7) is 2.73. The average Bonchev–Trinajstić information content (AvgIpc) is 2.83. The zero-order valence-corrected chi connectivity index (χ0v) is 9.44. The molecule has 1 N–H and O–H groups in total.